The van der Waals surface area contributed by atoms with E-state index in [1.807, 2.05) is 31.2 Å². The number of imide groups is 1. The van der Waals surface area contributed by atoms with Gasteiger partial charge >= 0.3 is 4.87 Å². The molecule has 1 N–H and O–H groups in total. The van der Waals surface area contributed by atoms with Crippen molar-refractivity contribution >= 4 is 52.2 Å². The number of rotatable bonds is 2. The second kappa shape index (κ2) is 6.86. The third kappa shape index (κ3) is 2.96. The molecule has 5 nitrogen and oxygen atoms in total. The molecule has 0 aliphatic carbocycles. The molecule has 1 fully saturated rings. The van der Waals surface area contributed by atoms with E-state index in [4.69, 9.17) is 11.6 Å². The number of aromatic amines is 1. The molecule has 5 rings (SSSR count). The number of hydrogen-bond acceptors (Lipinski definition) is 5. The van der Waals surface area contributed by atoms with Gasteiger partial charge in [0.25, 0.3) is 0 Å². The second-order valence-corrected chi connectivity index (χ2v) is 9.75. The first-order chi connectivity index (χ1) is 13.9. The number of carbonyl (C=O) groups is 2. The van der Waals surface area contributed by atoms with Crippen molar-refractivity contribution in [1.82, 2.24) is 4.98 Å². The predicted octanol–water partition coefficient (Wildman–Crippen LogP) is 4.19. The number of thioether (sulfide) groups is 1. The molecule has 1 saturated heterocycles. The number of hydrogen-bond donors (Lipinski definition) is 1. The minimum absolute atomic E-state index is 0.184. The molecular formula is C21H15ClN2O3S2. The van der Waals surface area contributed by atoms with E-state index >= 15 is 0 Å². The topological polar surface area (TPSA) is 70.2 Å². The van der Waals surface area contributed by atoms with Gasteiger partial charge in [-0.15, -0.1) is 0 Å². The Balaban J connectivity index is 1.64. The zero-order chi connectivity index (χ0) is 20.3. The SMILES string of the molecule is Cc1ccc(N2C(=O)C3Sc4[nH]c(=O)sc4[C@H](c4ccc(Cl)cc4)C3C2=O)cc1. The van der Waals surface area contributed by atoms with Crippen molar-refractivity contribution in [3.05, 3.63) is 79.2 Å². The van der Waals surface area contributed by atoms with Crippen LogP contribution in [0.1, 0.15) is 21.9 Å². The van der Waals surface area contributed by atoms with Crippen molar-refractivity contribution in [3.8, 4) is 0 Å². The number of carbonyl (C=O) groups excluding carboxylic acids is 2. The number of amides is 2. The number of benzene rings is 2. The number of fused-ring (bicyclic) bond motifs is 2. The van der Waals surface area contributed by atoms with Crippen molar-refractivity contribution < 1.29 is 9.59 Å². The molecule has 146 valence electrons. The Hall–Kier alpha value is -2.35. The first-order valence-electron chi connectivity index (χ1n) is 9.03. The largest absolute Gasteiger partial charge is 0.307 e. The van der Waals surface area contributed by atoms with E-state index in [1.54, 1.807) is 24.3 Å². The average Bonchev–Trinajstić information content (AvgIpc) is 3.19. The lowest BCUT2D eigenvalue weighted by atomic mass is 9.83. The van der Waals surface area contributed by atoms with Crippen LogP contribution < -0.4 is 9.77 Å². The molecule has 2 aliphatic rings. The molecular weight excluding hydrogens is 428 g/mol. The Morgan fingerprint density at radius 3 is 2.34 bits per heavy atom. The summed E-state index contributed by atoms with van der Waals surface area (Å²) in [4.78, 5) is 43.5. The number of nitrogens with one attached hydrogen (secondary N) is 1. The van der Waals surface area contributed by atoms with Crippen LogP contribution in [0.4, 0.5) is 5.69 Å². The Morgan fingerprint density at radius 1 is 0.966 bits per heavy atom. The van der Waals surface area contributed by atoms with Gasteiger partial charge in [0.15, 0.2) is 0 Å². The van der Waals surface area contributed by atoms with Gasteiger partial charge < -0.3 is 4.98 Å². The minimum Gasteiger partial charge on any atom is -0.307 e. The summed E-state index contributed by atoms with van der Waals surface area (Å²) < 4.78 is 0. The minimum atomic E-state index is -0.581. The fourth-order valence-corrected chi connectivity index (χ4v) is 6.64. The van der Waals surface area contributed by atoms with Crippen LogP contribution >= 0.6 is 34.7 Å². The highest BCUT2D eigenvalue weighted by Gasteiger charge is 2.56. The molecule has 3 atom stereocenters. The van der Waals surface area contributed by atoms with Gasteiger partial charge in [-0.3, -0.25) is 14.4 Å². The average molecular weight is 443 g/mol. The third-order valence-electron chi connectivity index (χ3n) is 5.35. The molecule has 0 radical (unpaired) electrons. The number of H-pyrrole nitrogens is 1. The van der Waals surface area contributed by atoms with Gasteiger partial charge in [-0.25, -0.2) is 4.90 Å². The number of aromatic nitrogens is 1. The number of anilines is 1. The molecule has 0 saturated carbocycles. The van der Waals surface area contributed by atoms with Crippen LogP contribution in [-0.2, 0) is 9.59 Å². The van der Waals surface area contributed by atoms with E-state index in [2.05, 4.69) is 4.98 Å². The van der Waals surface area contributed by atoms with Crippen LogP contribution in [0.15, 0.2) is 58.4 Å². The first kappa shape index (κ1) is 18.7. The summed E-state index contributed by atoms with van der Waals surface area (Å²) in [6.07, 6.45) is 0. The number of halogens is 1. The van der Waals surface area contributed by atoms with Crippen molar-refractivity contribution in [2.45, 2.75) is 23.1 Å². The Labute approximate surface area is 179 Å². The molecule has 0 spiro atoms. The van der Waals surface area contributed by atoms with Crippen molar-refractivity contribution in [2.24, 2.45) is 5.92 Å². The maximum absolute atomic E-state index is 13.5. The van der Waals surface area contributed by atoms with Gasteiger partial charge in [-0.2, -0.15) is 0 Å². The fraction of sp³-hybridized carbons (Fsp3) is 0.190. The van der Waals surface area contributed by atoms with Crippen LogP contribution in [0.3, 0.4) is 0 Å². The summed E-state index contributed by atoms with van der Waals surface area (Å²) >= 11 is 8.43. The second-order valence-electron chi connectivity index (χ2n) is 7.15. The first-order valence-corrected chi connectivity index (χ1v) is 11.1. The molecule has 2 amide bonds. The van der Waals surface area contributed by atoms with Gasteiger partial charge in [0.1, 0.15) is 5.25 Å². The highest BCUT2D eigenvalue weighted by molar-refractivity contribution is 8.00. The summed E-state index contributed by atoms with van der Waals surface area (Å²) in [5.74, 6) is -1.42. The number of thiazole rings is 1. The van der Waals surface area contributed by atoms with E-state index in [1.165, 1.54) is 16.7 Å². The maximum Gasteiger partial charge on any atom is 0.305 e. The van der Waals surface area contributed by atoms with Gasteiger partial charge in [0.05, 0.1) is 16.6 Å². The van der Waals surface area contributed by atoms with Crippen LogP contribution in [0, 0.1) is 12.8 Å². The molecule has 2 unspecified atom stereocenters. The monoisotopic (exact) mass is 442 g/mol. The predicted molar refractivity (Wildman–Crippen MR) is 115 cm³/mol. The van der Waals surface area contributed by atoms with Gasteiger partial charge in [-0.05, 0) is 36.8 Å². The van der Waals surface area contributed by atoms with E-state index in [9.17, 15) is 14.4 Å². The summed E-state index contributed by atoms with van der Waals surface area (Å²) in [6, 6.07) is 14.6. The number of aryl methyl sites for hydroxylation is 1. The van der Waals surface area contributed by atoms with Crippen molar-refractivity contribution in [3.63, 3.8) is 0 Å². The quantitative estimate of drug-likeness (QED) is 0.604. The van der Waals surface area contributed by atoms with Crippen LogP contribution in [0.2, 0.25) is 5.02 Å². The van der Waals surface area contributed by atoms with Gasteiger partial charge in [-0.1, -0.05) is 64.5 Å². The van der Waals surface area contributed by atoms with Crippen molar-refractivity contribution in [1.29, 1.82) is 0 Å². The molecule has 1 aromatic heterocycles. The third-order valence-corrected chi connectivity index (χ3v) is 8.00. The molecule has 2 aliphatic heterocycles. The standard InChI is InChI=1S/C21H15ClN2O3S2/c1-10-2-8-13(9-3-10)24-19(25)15-14(11-4-6-12(22)7-5-11)16-18(23-21(27)29-16)28-17(15)20(24)26/h2-9,14-15,17H,1H3,(H,23,27)/t14-,15?,17?/m1/s1. The lowest BCUT2D eigenvalue weighted by Crippen LogP contribution is -2.32. The Bertz CT molecular complexity index is 1180. The summed E-state index contributed by atoms with van der Waals surface area (Å²) in [6.45, 7) is 1.96. The Morgan fingerprint density at radius 2 is 1.66 bits per heavy atom. The lowest BCUT2D eigenvalue weighted by molar-refractivity contribution is -0.122. The van der Waals surface area contributed by atoms with Crippen molar-refractivity contribution in [2.75, 3.05) is 4.90 Å². The molecule has 0 bridgehead atoms. The van der Waals surface area contributed by atoms with Crippen LogP contribution in [0.5, 0.6) is 0 Å². The maximum atomic E-state index is 13.5. The molecule has 3 aromatic rings. The molecule has 29 heavy (non-hydrogen) atoms. The Kier molecular flexibility index (Phi) is 4.42. The smallest absolute Gasteiger partial charge is 0.305 e. The molecule has 8 heteroatoms. The normalized spacial score (nSPS) is 23.2. The zero-order valence-electron chi connectivity index (χ0n) is 15.2. The fourth-order valence-electron chi connectivity index (χ4n) is 3.99. The number of nitrogens with zero attached hydrogens (tertiary/aromatic N) is 1. The highest BCUT2D eigenvalue weighted by atomic mass is 35.5. The zero-order valence-corrected chi connectivity index (χ0v) is 17.6. The highest BCUT2D eigenvalue weighted by Crippen LogP contribution is 2.53. The van der Waals surface area contributed by atoms with Crippen LogP contribution in [-0.4, -0.2) is 22.0 Å². The van der Waals surface area contributed by atoms with Gasteiger partial charge in [0.2, 0.25) is 11.8 Å². The van der Waals surface area contributed by atoms with E-state index < -0.39 is 11.2 Å². The molecule has 2 aromatic carbocycles. The summed E-state index contributed by atoms with van der Waals surface area (Å²) in [7, 11) is 0. The summed E-state index contributed by atoms with van der Waals surface area (Å²) in [5.41, 5.74) is 2.50. The molecule has 3 heterocycles. The lowest BCUT2D eigenvalue weighted by Gasteiger charge is -2.29. The van der Waals surface area contributed by atoms with E-state index in [0.29, 0.717) is 15.7 Å². The summed E-state index contributed by atoms with van der Waals surface area (Å²) in [5, 5.41) is 0.684. The van der Waals surface area contributed by atoms with Gasteiger partial charge in [0, 0.05) is 15.8 Å². The van der Waals surface area contributed by atoms with Crippen LogP contribution in [0.25, 0.3) is 0 Å². The van der Waals surface area contributed by atoms with E-state index in [-0.39, 0.29) is 22.6 Å². The van der Waals surface area contributed by atoms with E-state index in [0.717, 1.165) is 27.3 Å².